The summed E-state index contributed by atoms with van der Waals surface area (Å²) in [5, 5.41) is 3.48. The van der Waals surface area contributed by atoms with Crippen LogP contribution < -0.4 is 11.1 Å². The molecule has 0 heterocycles. The molecular formula is C14H32N2. The Labute approximate surface area is 102 Å². The highest BCUT2D eigenvalue weighted by Gasteiger charge is 2.05. The van der Waals surface area contributed by atoms with E-state index in [1.54, 1.807) is 0 Å². The van der Waals surface area contributed by atoms with Crippen LogP contribution in [0.2, 0.25) is 0 Å². The van der Waals surface area contributed by atoms with E-state index in [0.717, 1.165) is 19.5 Å². The van der Waals surface area contributed by atoms with Crippen molar-refractivity contribution in [3.05, 3.63) is 0 Å². The largest absolute Gasteiger partial charge is 0.327 e. The summed E-state index contributed by atoms with van der Waals surface area (Å²) in [4.78, 5) is 0. The van der Waals surface area contributed by atoms with Gasteiger partial charge in [0.25, 0.3) is 0 Å². The third-order valence-electron chi connectivity index (χ3n) is 3.22. The first kappa shape index (κ1) is 15.9. The lowest BCUT2D eigenvalue weighted by Gasteiger charge is -2.15. The van der Waals surface area contributed by atoms with Gasteiger partial charge in [-0.2, -0.15) is 0 Å². The summed E-state index contributed by atoms with van der Waals surface area (Å²) in [5.41, 5.74) is 5.97. The number of nitrogens with one attached hydrogen (secondary N) is 1. The quantitative estimate of drug-likeness (QED) is 0.532. The fraction of sp³-hybridized carbons (Fsp3) is 1.00. The van der Waals surface area contributed by atoms with Gasteiger partial charge in [-0.05, 0) is 31.8 Å². The summed E-state index contributed by atoms with van der Waals surface area (Å²) in [6.07, 6.45) is 9.36. The molecule has 0 bridgehead atoms. The van der Waals surface area contributed by atoms with Crippen LogP contribution in [0.1, 0.15) is 65.7 Å². The average Bonchev–Trinajstić information content (AvgIpc) is 2.26. The Bertz CT molecular complexity index is 135. The van der Waals surface area contributed by atoms with Crippen LogP contribution >= 0.6 is 0 Å². The van der Waals surface area contributed by atoms with E-state index in [4.69, 9.17) is 5.73 Å². The smallest absolute Gasteiger partial charge is 0.00739 e. The van der Waals surface area contributed by atoms with Crippen molar-refractivity contribution in [1.82, 2.24) is 5.32 Å². The lowest BCUT2D eigenvalue weighted by molar-refractivity contribution is 0.446. The fourth-order valence-corrected chi connectivity index (χ4v) is 1.76. The number of rotatable bonds is 11. The highest BCUT2D eigenvalue weighted by atomic mass is 14.9. The van der Waals surface area contributed by atoms with Gasteiger partial charge in [-0.3, -0.25) is 0 Å². The second-order valence-corrected chi connectivity index (χ2v) is 5.21. The van der Waals surface area contributed by atoms with Gasteiger partial charge < -0.3 is 11.1 Å². The minimum Gasteiger partial charge on any atom is -0.327 e. The maximum absolute atomic E-state index is 5.97. The van der Waals surface area contributed by atoms with Gasteiger partial charge in [0.2, 0.25) is 0 Å². The molecule has 0 saturated carbocycles. The van der Waals surface area contributed by atoms with Gasteiger partial charge in [-0.15, -0.1) is 0 Å². The van der Waals surface area contributed by atoms with E-state index in [1.807, 2.05) is 0 Å². The molecule has 2 heteroatoms. The van der Waals surface area contributed by atoms with Crippen LogP contribution in [0.5, 0.6) is 0 Å². The number of nitrogens with two attached hydrogens (primary N) is 1. The van der Waals surface area contributed by atoms with Crippen LogP contribution in [0.3, 0.4) is 0 Å². The molecule has 0 amide bonds. The van der Waals surface area contributed by atoms with Gasteiger partial charge in [0, 0.05) is 6.04 Å². The first-order valence-corrected chi connectivity index (χ1v) is 7.14. The summed E-state index contributed by atoms with van der Waals surface area (Å²) in [7, 11) is 0. The van der Waals surface area contributed by atoms with Crippen LogP contribution in [0, 0.1) is 5.92 Å². The second-order valence-electron chi connectivity index (χ2n) is 5.21. The maximum Gasteiger partial charge on any atom is 0.00739 e. The molecule has 3 N–H and O–H groups in total. The zero-order chi connectivity index (χ0) is 12.2. The lowest BCUT2D eigenvalue weighted by Crippen LogP contribution is -2.31. The predicted molar refractivity (Wildman–Crippen MR) is 73.7 cm³/mol. The van der Waals surface area contributed by atoms with Crippen LogP contribution in [-0.4, -0.2) is 19.1 Å². The van der Waals surface area contributed by atoms with Crippen LogP contribution in [0.4, 0.5) is 0 Å². The van der Waals surface area contributed by atoms with Crippen LogP contribution in [0.15, 0.2) is 0 Å². The molecule has 1 atom stereocenters. The van der Waals surface area contributed by atoms with E-state index < -0.39 is 0 Å². The predicted octanol–water partition coefficient (Wildman–Crippen LogP) is 3.31. The van der Waals surface area contributed by atoms with Gasteiger partial charge in [0.05, 0.1) is 0 Å². The van der Waals surface area contributed by atoms with Crippen molar-refractivity contribution < 1.29 is 0 Å². The molecule has 2 nitrogen and oxygen atoms in total. The molecule has 0 aromatic rings. The minimum absolute atomic E-state index is 0.358. The normalized spacial score (nSPS) is 13.3. The molecule has 98 valence electrons. The van der Waals surface area contributed by atoms with E-state index in [2.05, 4.69) is 26.1 Å². The molecule has 0 aromatic carbocycles. The topological polar surface area (TPSA) is 38.0 Å². The third-order valence-corrected chi connectivity index (χ3v) is 3.22. The number of unbranched alkanes of at least 4 members (excludes halogenated alkanes) is 5. The molecule has 0 aromatic heterocycles. The molecular weight excluding hydrogens is 196 g/mol. The number of hydrogen-bond acceptors (Lipinski definition) is 2. The zero-order valence-corrected chi connectivity index (χ0v) is 11.6. The van der Waals surface area contributed by atoms with E-state index in [9.17, 15) is 0 Å². The summed E-state index contributed by atoms with van der Waals surface area (Å²) in [6, 6.07) is 0.358. The van der Waals surface area contributed by atoms with Crippen molar-refractivity contribution in [2.75, 3.05) is 13.1 Å². The van der Waals surface area contributed by atoms with Crippen molar-refractivity contribution >= 4 is 0 Å². The average molecular weight is 228 g/mol. The van der Waals surface area contributed by atoms with Gasteiger partial charge in [0.15, 0.2) is 0 Å². The molecule has 1 unspecified atom stereocenters. The lowest BCUT2D eigenvalue weighted by atomic mass is 10.0. The SMILES string of the molecule is CCCCCCCCNCCC(N)C(C)C. The summed E-state index contributed by atoms with van der Waals surface area (Å²) < 4.78 is 0. The summed E-state index contributed by atoms with van der Waals surface area (Å²) >= 11 is 0. The van der Waals surface area contributed by atoms with E-state index in [-0.39, 0.29) is 0 Å². The molecule has 0 spiro atoms. The Morgan fingerprint density at radius 3 is 2.19 bits per heavy atom. The number of hydrogen-bond donors (Lipinski definition) is 2. The van der Waals surface area contributed by atoms with Crippen LogP contribution in [-0.2, 0) is 0 Å². The van der Waals surface area contributed by atoms with Gasteiger partial charge in [-0.1, -0.05) is 52.9 Å². The Morgan fingerprint density at radius 1 is 0.938 bits per heavy atom. The highest BCUT2D eigenvalue weighted by Crippen LogP contribution is 2.04. The third kappa shape index (κ3) is 10.4. The molecule has 0 aliphatic heterocycles. The Morgan fingerprint density at radius 2 is 1.56 bits per heavy atom. The Kier molecular flexibility index (Phi) is 11.3. The van der Waals surface area contributed by atoms with Gasteiger partial charge >= 0.3 is 0 Å². The first-order chi connectivity index (χ1) is 7.68. The second kappa shape index (κ2) is 11.4. The molecule has 0 aliphatic carbocycles. The standard InChI is InChI=1S/C14H32N2/c1-4-5-6-7-8-9-11-16-12-10-14(15)13(2)3/h13-14,16H,4-12,15H2,1-3H3. The first-order valence-electron chi connectivity index (χ1n) is 7.14. The Hall–Kier alpha value is -0.0800. The van der Waals surface area contributed by atoms with E-state index in [1.165, 1.54) is 38.5 Å². The summed E-state index contributed by atoms with van der Waals surface area (Å²) in [5.74, 6) is 0.607. The van der Waals surface area contributed by atoms with Crippen molar-refractivity contribution in [2.45, 2.75) is 71.8 Å². The van der Waals surface area contributed by atoms with Gasteiger partial charge in [-0.25, -0.2) is 0 Å². The highest BCUT2D eigenvalue weighted by molar-refractivity contribution is 4.66. The van der Waals surface area contributed by atoms with Crippen molar-refractivity contribution in [2.24, 2.45) is 11.7 Å². The molecule has 0 rings (SSSR count). The molecule has 0 aliphatic rings. The van der Waals surface area contributed by atoms with Gasteiger partial charge in [0.1, 0.15) is 0 Å². The minimum atomic E-state index is 0.358. The monoisotopic (exact) mass is 228 g/mol. The summed E-state index contributed by atoms with van der Waals surface area (Å²) in [6.45, 7) is 8.89. The molecule has 0 fully saturated rings. The molecule has 0 saturated heterocycles. The van der Waals surface area contributed by atoms with Crippen LogP contribution in [0.25, 0.3) is 0 Å². The van der Waals surface area contributed by atoms with E-state index in [0.29, 0.717) is 12.0 Å². The van der Waals surface area contributed by atoms with Crippen molar-refractivity contribution in [3.63, 3.8) is 0 Å². The van der Waals surface area contributed by atoms with Crippen molar-refractivity contribution in [1.29, 1.82) is 0 Å². The maximum atomic E-state index is 5.97. The Balaban J connectivity index is 3.04. The van der Waals surface area contributed by atoms with E-state index >= 15 is 0 Å². The zero-order valence-electron chi connectivity index (χ0n) is 11.6. The molecule has 16 heavy (non-hydrogen) atoms. The molecule has 0 radical (unpaired) electrons. The fourth-order valence-electron chi connectivity index (χ4n) is 1.76. The van der Waals surface area contributed by atoms with Crippen molar-refractivity contribution in [3.8, 4) is 0 Å².